The van der Waals surface area contributed by atoms with Crippen molar-refractivity contribution < 1.29 is 14.3 Å². The van der Waals surface area contributed by atoms with Gasteiger partial charge in [0.15, 0.2) is 0 Å². The second-order valence-corrected chi connectivity index (χ2v) is 7.31. The number of para-hydroxylation sites is 1. The zero-order valence-electron chi connectivity index (χ0n) is 14.2. The van der Waals surface area contributed by atoms with Crippen molar-refractivity contribution >= 4 is 39.0 Å². The molecule has 0 saturated carbocycles. The number of hydrogen-bond acceptors (Lipinski definition) is 4. The molecule has 0 spiro atoms. The summed E-state index contributed by atoms with van der Waals surface area (Å²) in [6.45, 7) is 0.148. The predicted molar refractivity (Wildman–Crippen MR) is 109 cm³/mol. The van der Waals surface area contributed by atoms with Gasteiger partial charge in [0.1, 0.15) is 23.0 Å². The first-order chi connectivity index (χ1) is 13.2. The Balaban J connectivity index is 1.46. The van der Waals surface area contributed by atoms with Gasteiger partial charge in [-0.15, -0.1) is 11.3 Å². The molecule has 3 nitrogen and oxygen atoms in total. The average molecular weight is 395 g/mol. The Morgan fingerprint density at radius 3 is 2.44 bits per heavy atom. The lowest BCUT2D eigenvalue weighted by molar-refractivity contribution is 0.0478. The number of thiophene rings is 1. The number of carbonyl (C=O) groups excluding carboxylic acids is 1. The van der Waals surface area contributed by atoms with Crippen LogP contribution >= 0.6 is 22.9 Å². The number of ether oxygens (including phenoxy) is 2. The second kappa shape index (κ2) is 7.82. The van der Waals surface area contributed by atoms with Crippen molar-refractivity contribution in [2.75, 3.05) is 0 Å². The molecule has 3 aromatic carbocycles. The van der Waals surface area contributed by atoms with Gasteiger partial charge in [-0.1, -0.05) is 60.1 Å². The first-order valence-electron chi connectivity index (χ1n) is 8.37. The number of esters is 1. The molecule has 27 heavy (non-hydrogen) atoms. The molecule has 0 atom stereocenters. The molecule has 0 amide bonds. The van der Waals surface area contributed by atoms with Crippen LogP contribution in [0, 0.1) is 0 Å². The lowest BCUT2D eigenvalue weighted by Crippen LogP contribution is -2.03. The van der Waals surface area contributed by atoms with Gasteiger partial charge in [0.05, 0.1) is 5.02 Å². The van der Waals surface area contributed by atoms with Gasteiger partial charge in [0.2, 0.25) is 0 Å². The van der Waals surface area contributed by atoms with E-state index in [9.17, 15) is 4.79 Å². The van der Waals surface area contributed by atoms with E-state index in [4.69, 9.17) is 21.1 Å². The summed E-state index contributed by atoms with van der Waals surface area (Å²) in [7, 11) is 0. The Hall–Kier alpha value is -2.82. The Kier molecular flexibility index (Phi) is 5.10. The van der Waals surface area contributed by atoms with Crippen LogP contribution in [0.15, 0.2) is 78.9 Å². The maximum absolute atomic E-state index is 12.5. The molecule has 0 aliphatic carbocycles. The van der Waals surface area contributed by atoms with Crippen molar-refractivity contribution in [3.63, 3.8) is 0 Å². The third-order valence-corrected chi connectivity index (χ3v) is 5.62. The maximum Gasteiger partial charge on any atom is 0.350 e. The summed E-state index contributed by atoms with van der Waals surface area (Å²) >= 11 is 7.68. The van der Waals surface area contributed by atoms with E-state index in [0.29, 0.717) is 15.6 Å². The van der Waals surface area contributed by atoms with Gasteiger partial charge in [0.25, 0.3) is 0 Å². The number of hydrogen-bond donors (Lipinski definition) is 0. The van der Waals surface area contributed by atoms with Crippen LogP contribution in [0.1, 0.15) is 15.2 Å². The van der Waals surface area contributed by atoms with Crippen LogP contribution in [0.3, 0.4) is 0 Å². The molecule has 4 rings (SSSR count). The van der Waals surface area contributed by atoms with Crippen LogP contribution in [0.2, 0.25) is 5.02 Å². The molecular weight excluding hydrogens is 380 g/mol. The van der Waals surface area contributed by atoms with Crippen LogP contribution in [0.25, 0.3) is 10.1 Å². The van der Waals surface area contributed by atoms with Gasteiger partial charge in [-0.2, -0.15) is 0 Å². The minimum absolute atomic E-state index is 0.148. The molecule has 0 saturated heterocycles. The fourth-order valence-electron chi connectivity index (χ4n) is 2.68. The van der Waals surface area contributed by atoms with E-state index in [2.05, 4.69) is 0 Å². The summed E-state index contributed by atoms with van der Waals surface area (Å²) in [5.74, 6) is 1.02. The van der Waals surface area contributed by atoms with Crippen molar-refractivity contribution in [2.24, 2.45) is 0 Å². The quantitative estimate of drug-likeness (QED) is 0.353. The maximum atomic E-state index is 12.5. The largest absolute Gasteiger partial charge is 0.457 e. The highest BCUT2D eigenvalue weighted by molar-refractivity contribution is 7.21. The van der Waals surface area contributed by atoms with E-state index in [0.717, 1.165) is 21.4 Å². The fourth-order valence-corrected chi connectivity index (χ4v) is 4.09. The van der Waals surface area contributed by atoms with E-state index in [-0.39, 0.29) is 6.61 Å². The molecule has 0 aliphatic heterocycles. The lowest BCUT2D eigenvalue weighted by atomic mass is 10.2. The molecule has 0 fully saturated rings. The fraction of sp³-hybridized carbons (Fsp3) is 0.0455. The van der Waals surface area contributed by atoms with Gasteiger partial charge in [-0.05, 0) is 35.9 Å². The zero-order chi connectivity index (χ0) is 18.6. The van der Waals surface area contributed by atoms with Gasteiger partial charge >= 0.3 is 5.97 Å². The van der Waals surface area contributed by atoms with E-state index in [1.165, 1.54) is 11.3 Å². The molecule has 5 heteroatoms. The monoisotopic (exact) mass is 394 g/mol. The minimum atomic E-state index is -0.421. The van der Waals surface area contributed by atoms with Crippen molar-refractivity contribution in [3.05, 3.63) is 94.3 Å². The highest BCUT2D eigenvalue weighted by Gasteiger charge is 2.18. The second-order valence-electron chi connectivity index (χ2n) is 5.88. The zero-order valence-corrected chi connectivity index (χ0v) is 15.8. The molecule has 0 bridgehead atoms. The van der Waals surface area contributed by atoms with Crippen LogP contribution < -0.4 is 4.74 Å². The predicted octanol–water partition coefficient (Wildman–Crippen LogP) is 6.70. The highest BCUT2D eigenvalue weighted by Crippen LogP contribution is 2.35. The number of rotatable bonds is 5. The normalized spacial score (nSPS) is 10.7. The summed E-state index contributed by atoms with van der Waals surface area (Å²) in [4.78, 5) is 12.9. The molecule has 4 aromatic rings. The van der Waals surface area contributed by atoms with Crippen molar-refractivity contribution in [2.45, 2.75) is 6.61 Å². The molecule has 0 unspecified atom stereocenters. The summed E-state index contributed by atoms with van der Waals surface area (Å²) in [6, 6.07) is 24.7. The van der Waals surface area contributed by atoms with Crippen LogP contribution in [-0.4, -0.2) is 5.97 Å². The summed E-state index contributed by atoms with van der Waals surface area (Å²) in [6.07, 6.45) is 0. The van der Waals surface area contributed by atoms with Crippen LogP contribution in [0.4, 0.5) is 0 Å². The van der Waals surface area contributed by atoms with Crippen molar-refractivity contribution in [1.29, 1.82) is 0 Å². The van der Waals surface area contributed by atoms with E-state index >= 15 is 0 Å². The number of carbonyl (C=O) groups is 1. The molecule has 0 radical (unpaired) electrons. The molecule has 134 valence electrons. The Bertz CT molecular complexity index is 1090. The first kappa shape index (κ1) is 17.6. The smallest absolute Gasteiger partial charge is 0.350 e. The Morgan fingerprint density at radius 2 is 1.63 bits per heavy atom. The molecular formula is C22H15ClO3S. The molecule has 1 aromatic heterocycles. The van der Waals surface area contributed by atoms with Gasteiger partial charge in [0, 0.05) is 10.1 Å². The molecule has 0 N–H and O–H groups in total. The summed E-state index contributed by atoms with van der Waals surface area (Å²) in [5.41, 5.74) is 0.842. The first-order valence-corrected chi connectivity index (χ1v) is 9.56. The highest BCUT2D eigenvalue weighted by atomic mass is 35.5. The molecule has 0 aliphatic rings. The van der Waals surface area contributed by atoms with E-state index in [1.54, 1.807) is 0 Å². The van der Waals surface area contributed by atoms with Crippen molar-refractivity contribution in [3.8, 4) is 11.5 Å². The Labute approximate surface area is 165 Å². The van der Waals surface area contributed by atoms with Crippen LogP contribution in [0.5, 0.6) is 11.5 Å². The Morgan fingerprint density at radius 1 is 0.889 bits per heavy atom. The van der Waals surface area contributed by atoms with Gasteiger partial charge in [-0.25, -0.2) is 4.79 Å². The topological polar surface area (TPSA) is 35.5 Å². The van der Waals surface area contributed by atoms with Crippen molar-refractivity contribution in [1.82, 2.24) is 0 Å². The van der Waals surface area contributed by atoms with Gasteiger partial charge in [-0.3, -0.25) is 0 Å². The standard InChI is InChI=1S/C22H15ClO3S/c23-20-18-11-4-5-12-19(18)27-21(20)22(24)25-14-15-7-6-10-17(13-15)26-16-8-2-1-3-9-16/h1-13H,14H2. The van der Waals surface area contributed by atoms with Crippen LogP contribution in [-0.2, 0) is 11.3 Å². The SMILES string of the molecule is O=C(OCc1cccc(Oc2ccccc2)c1)c1sc2ccccc2c1Cl. The third-order valence-electron chi connectivity index (χ3n) is 3.97. The number of fused-ring (bicyclic) bond motifs is 1. The van der Waals surface area contributed by atoms with Gasteiger partial charge < -0.3 is 9.47 Å². The summed E-state index contributed by atoms with van der Waals surface area (Å²) in [5, 5.41) is 1.32. The van der Waals surface area contributed by atoms with E-state index in [1.807, 2.05) is 78.9 Å². The number of halogens is 1. The third kappa shape index (κ3) is 3.97. The summed E-state index contributed by atoms with van der Waals surface area (Å²) < 4.78 is 12.2. The number of benzene rings is 3. The minimum Gasteiger partial charge on any atom is -0.457 e. The molecule has 1 heterocycles. The average Bonchev–Trinajstić information content (AvgIpc) is 3.04. The lowest BCUT2D eigenvalue weighted by Gasteiger charge is -2.08. The van der Waals surface area contributed by atoms with E-state index < -0.39 is 5.97 Å².